The topological polar surface area (TPSA) is 66.1 Å². The van der Waals surface area contributed by atoms with Gasteiger partial charge in [0.05, 0.1) is 29.7 Å². The fourth-order valence-corrected chi connectivity index (χ4v) is 3.65. The molecule has 6 heteroatoms. The predicted molar refractivity (Wildman–Crippen MR) is 78.0 cm³/mol. The molecule has 3 rings (SSSR count). The van der Waals surface area contributed by atoms with E-state index in [-0.39, 0.29) is 11.5 Å². The molecule has 1 aliphatic heterocycles. The molecule has 1 aromatic carbocycles. The molecular weight excluding hydrogens is 274 g/mol. The van der Waals surface area contributed by atoms with Gasteiger partial charge in [0.2, 0.25) is 0 Å². The number of hydrogen-bond donors (Lipinski definition) is 1. The van der Waals surface area contributed by atoms with Gasteiger partial charge in [0.25, 0.3) is 0 Å². The molecule has 2 heterocycles. The van der Waals surface area contributed by atoms with Gasteiger partial charge < -0.3 is 4.98 Å². The van der Waals surface area contributed by atoms with Gasteiger partial charge in [-0.15, -0.1) is 0 Å². The standard InChI is InChI=1S/C14H17N3O2S/c18-20(19)7-5-17(6-8-20)10-12-1-3-13(4-2-12)14-9-15-11-16-14/h1-4,9,11H,5-8,10H2,(H,15,16). The Hall–Kier alpha value is -1.66. The fourth-order valence-electron chi connectivity index (χ4n) is 2.37. The second kappa shape index (κ2) is 5.38. The van der Waals surface area contributed by atoms with E-state index in [4.69, 9.17) is 0 Å². The molecule has 1 aromatic heterocycles. The van der Waals surface area contributed by atoms with Crippen LogP contribution in [0.3, 0.4) is 0 Å². The molecule has 20 heavy (non-hydrogen) atoms. The van der Waals surface area contributed by atoms with E-state index in [1.54, 1.807) is 12.5 Å². The molecule has 0 spiro atoms. The molecule has 0 bridgehead atoms. The van der Waals surface area contributed by atoms with Crippen LogP contribution in [0.5, 0.6) is 0 Å². The highest BCUT2D eigenvalue weighted by Gasteiger charge is 2.21. The number of H-pyrrole nitrogens is 1. The number of nitrogens with zero attached hydrogens (tertiary/aromatic N) is 2. The van der Waals surface area contributed by atoms with E-state index in [0.29, 0.717) is 13.1 Å². The molecule has 2 aromatic rings. The van der Waals surface area contributed by atoms with Crippen LogP contribution in [0.15, 0.2) is 36.8 Å². The van der Waals surface area contributed by atoms with Crippen LogP contribution in [0.2, 0.25) is 0 Å². The summed E-state index contributed by atoms with van der Waals surface area (Å²) in [6.07, 6.45) is 3.46. The third kappa shape index (κ3) is 3.08. The summed E-state index contributed by atoms with van der Waals surface area (Å²) in [7, 11) is -2.80. The van der Waals surface area contributed by atoms with E-state index in [2.05, 4.69) is 39.1 Å². The van der Waals surface area contributed by atoms with Crippen molar-refractivity contribution in [3.05, 3.63) is 42.4 Å². The van der Waals surface area contributed by atoms with E-state index >= 15 is 0 Å². The van der Waals surface area contributed by atoms with Gasteiger partial charge in [0.15, 0.2) is 9.84 Å². The van der Waals surface area contributed by atoms with E-state index in [1.807, 2.05) is 0 Å². The number of nitrogens with one attached hydrogen (secondary N) is 1. The summed E-state index contributed by atoms with van der Waals surface area (Å²) >= 11 is 0. The lowest BCUT2D eigenvalue weighted by Crippen LogP contribution is -2.39. The molecule has 0 atom stereocenters. The molecule has 0 amide bonds. The Balaban J connectivity index is 1.64. The summed E-state index contributed by atoms with van der Waals surface area (Å²) in [4.78, 5) is 9.27. The van der Waals surface area contributed by atoms with Crippen molar-refractivity contribution >= 4 is 9.84 Å². The monoisotopic (exact) mass is 291 g/mol. The average Bonchev–Trinajstić information content (AvgIpc) is 2.96. The third-order valence-electron chi connectivity index (χ3n) is 3.61. The molecule has 1 aliphatic rings. The van der Waals surface area contributed by atoms with Gasteiger partial charge in [0.1, 0.15) is 0 Å². The van der Waals surface area contributed by atoms with Gasteiger partial charge in [-0.3, -0.25) is 4.90 Å². The average molecular weight is 291 g/mol. The van der Waals surface area contributed by atoms with Crippen molar-refractivity contribution < 1.29 is 8.42 Å². The van der Waals surface area contributed by atoms with Crippen LogP contribution in [0.25, 0.3) is 11.3 Å². The fraction of sp³-hybridized carbons (Fsp3) is 0.357. The minimum atomic E-state index is -2.80. The van der Waals surface area contributed by atoms with Crippen molar-refractivity contribution in [2.75, 3.05) is 24.6 Å². The number of aromatic nitrogens is 2. The summed E-state index contributed by atoms with van der Waals surface area (Å²) in [5.41, 5.74) is 3.31. The van der Waals surface area contributed by atoms with Crippen LogP contribution in [0.4, 0.5) is 0 Å². The van der Waals surface area contributed by atoms with Crippen LogP contribution in [0.1, 0.15) is 5.56 Å². The Kier molecular flexibility index (Phi) is 3.58. The molecule has 1 fully saturated rings. The van der Waals surface area contributed by atoms with Crippen molar-refractivity contribution in [2.45, 2.75) is 6.54 Å². The van der Waals surface area contributed by atoms with Crippen LogP contribution >= 0.6 is 0 Å². The first-order valence-electron chi connectivity index (χ1n) is 6.63. The lowest BCUT2D eigenvalue weighted by atomic mass is 10.1. The highest BCUT2D eigenvalue weighted by atomic mass is 32.2. The molecule has 0 unspecified atom stereocenters. The van der Waals surface area contributed by atoms with Gasteiger partial charge in [-0.05, 0) is 11.1 Å². The lowest BCUT2D eigenvalue weighted by Gasteiger charge is -2.26. The molecular formula is C14H17N3O2S. The maximum Gasteiger partial charge on any atom is 0.152 e. The maximum absolute atomic E-state index is 11.4. The number of rotatable bonds is 3. The van der Waals surface area contributed by atoms with Gasteiger partial charge in [-0.2, -0.15) is 0 Å². The van der Waals surface area contributed by atoms with E-state index in [9.17, 15) is 8.42 Å². The molecule has 106 valence electrons. The number of hydrogen-bond acceptors (Lipinski definition) is 4. The first kappa shape index (κ1) is 13.3. The minimum Gasteiger partial charge on any atom is -0.345 e. The molecule has 0 saturated carbocycles. The SMILES string of the molecule is O=S1(=O)CCN(Cc2ccc(-c3cnc[nH]3)cc2)CC1. The Bertz CT molecular complexity index is 649. The summed E-state index contributed by atoms with van der Waals surface area (Å²) in [6.45, 7) is 2.06. The van der Waals surface area contributed by atoms with Crippen LogP contribution in [0, 0.1) is 0 Å². The van der Waals surface area contributed by atoms with Crippen molar-refractivity contribution in [3.8, 4) is 11.3 Å². The van der Waals surface area contributed by atoms with Crippen LogP contribution in [-0.4, -0.2) is 47.9 Å². The smallest absolute Gasteiger partial charge is 0.152 e. The van der Waals surface area contributed by atoms with E-state index in [0.717, 1.165) is 17.8 Å². The molecule has 5 nitrogen and oxygen atoms in total. The molecule has 1 N–H and O–H groups in total. The van der Waals surface area contributed by atoms with Crippen LogP contribution < -0.4 is 0 Å². The largest absolute Gasteiger partial charge is 0.345 e. The van der Waals surface area contributed by atoms with Crippen molar-refractivity contribution in [3.63, 3.8) is 0 Å². The van der Waals surface area contributed by atoms with Gasteiger partial charge in [-0.25, -0.2) is 13.4 Å². The zero-order valence-electron chi connectivity index (χ0n) is 11.1. The van der Waals surface area contributed by atoms with Crippen molar-refractivity contribution in [1.29, 1.82) is 0 Å². The zero-order valence-corrected chi connectivity index (χ0v) is 11.9. The number of aromatic amines is 1. The predicted octanol–water partition coefficient (Wildman–Crippen LogP) is 1.31. The summed E-state index contributed by atoms with van der Waals surface area (Å²) in [5.74, 6) is 0.554. The van der Waals surface area contributed by atoms with Gasteiger partial charge >= 0.3 is 0 Å². The van der Waals surface area contributed by atoms with Crippen molar-refractivity contribution in [1.82, 2.24) is 14.9 Å². The lowest BCUT2D eigenvalue weighted by molar-refractivity contribution is 0.287. The third-order valence-corrected chi connectivity index (χ3v) is 5.22. The van der Waals surface area contributed by atoms with Crippen LogP contribution in [-0.2, 0) is 16.4 Å². The number of imidazole rings is 1. The van der Waals surface area contributed by atoms with Gasteiger partial charge in [0, 0.05) is 19.6 Å². The van der Waals surface area contributed by atoms with Crippen molar-refractivity contribution in [2.24, 2.45) is 0 Å². The molecule has 0 radical (unpaired) electrons. The summed E-state index contributed by atoms with van der Waals surface area (Å²) in [6, 6.07) is 8.28. The second-order valence-corrected chi connectivity index (χ2v) is 7.39. The van der Waals surface area contributed by atoms with E-state index in [1.165, 1.54) is 5.56 Å². The van der Waals surface area contributed by atoms with Gasteiger partial charge in [-0.1, -0.05) is 24.3 Å². The summed E-state index contributed by atoms with van der Waals surface area (Å²) in [5, 5.41) is 0. The Morgan fingerprint density at radius 1 is 1.15 bits per heavy atom. The zero-order chi connectivity index (χ0) is 14.0. The Labute approximate surface area is 118 Å². The maximum atomic E-state index is 11.4. The normalized spacial score (nSPS) is 19.0. The Morgan fingerprint density at radius 2 is 1.85 bits per heavy atom. The number of benzene rings is 1. The highest BCUT2D eigenvalue weighted by Crippen LogP contribution is 2.17. The highest BCUT2D eigenvalue weighted by molar-refractivity contribution is 7.91. The number of sulfone groups is 1. The van der Waals surface area contributed by atoms with E-state index < -0.39 is 9.84 Å². The first-order chi connectivity index (χ1) is 9.62. The minimum absolute atomic E-state index is 0.277. The second-order valence-electron chi connectivity index (χ2n) is 5.09. The Morgan fingerprint density at radius 3 is 2.45 bits per heavy atom. The molecule has 0 aliphatic carbocycles. The first-order valence-corrected chi connectivity index (χ1v) is 8.45. The quantitative estimate of drug-likeness (QED) is 0.926. The summed E-state index contributed by atoms with van der Waals surface area (Å²) < 4.78 is 22.8. The molecule has 1 saturated heterocycles.